The largest absolute Gasteiger partial charge is 0.460 e. The summed E-state index contributed by atoms with van der Waals surface area (Å²) in [4.78, 5) is 64.2. The molecule has 0 spiro atoms. The summed E-state index contributed by atoms with van der Waals surface area (Å²) in [7, 11) is 0. The van der Waals surface area contributed by atoms with Gasteiger partial charge in [0.25, 0.3) is 5.56 Å². The van der Waals surface area contributed by atoms with Gasteiger partial charge in [0.15, 0.2) is 0 Å². The van der Waals surface area contributed by atoms with Crippen molar-refractivity contribution in [2.75, 3.05) is 11.9 Å². The van der Waals surface area contributed by atoms with Crippen LogP contribution in [0.25, 0.3) is 6.08 Å². The highest BCUT2D eigenvalue weighted by Crippen LogP contribution is 2.43. The first-order chi connectivity index (χ1) is 21.3. The standard InChI is InChI=1S/C33H31N3O8/c1-2-33(44-28(38)13-12-27(37)34-16-29(39)42-18-20-8-4-3-5-9-20)24-15-26-30-22(14-21-10-6-7-11-25(21)35-30)17-36(26)31(40)23(24)19-43-32(33)41/h3-11,14-15,30,35H,2,12-13,16-19H2,1H3,(H,34,37)/t30?,33-/m0/s1. The Morgan fingerprint density at radius 2 is 1.82 bits per heavy atom. The Kier molecular flexibility index (Phi) is 7.77. The maximum atomic E-state index is 13.7. The minimum atomic E-state index is -1.84. The second kappa shape index (κ2) is 11.8. The third-order valence-electron chi connectivity index (χ3n) is 8.17. The number of aromatic nitrogens is 1. The zero-order chi connectivity index (χ0) is 30.8. The number of hydrogen-bond acceptors (Lipinski definition) is 9. The summed E-state index contributed by atoms with van der Waals surface area (Å²) in [5, 5.41) is 5.91. The van der Waals surface area contributed by atoms with E-state index in [0.717, 1.165) is 22.4 Å². The minimum Gasteiger partial charge on any atom is -0.460 e. The molecule has 1 unspecified atom stereocenters. The van der Waals surface area contributed by atoms with Gasteiger partial charge < -0.3 is 29.4 Å². The fourth-order valence-corrected chi connectivity index (χ4v) is 5.86. The van der Waals surface area contributed by atoms with E-state index >= 15 is 0 Å². The van der Waals surface area contributed by atoms with Gasteiger partial charge in [-0.05, 0) is 41.3 Å². The summed E-state index contributed by atoms with van der Waals surface area (Å²) in [6, 6.07) is 18.4. The number of fused-ring (bicyclic) bond motifs is 5. The van der Waals surface area contributed by atoms with Gasteiger partial charge in [-0.25, -0.2) is 4.79 Å². The van der Waals surface area contributed by atoms with Crippen LogP contribution in [0, 0.1) is 0 Å². The second-order valence-corrected chi connectivity index (χ2v) is 10.9. The van der Waals surface area contributed by atoms with Crippen molar-refractivity contribution in [1.29, 1.82) is 0 Å². The van der Waals surface area contributed by atoms with Crippen molar-refractivity contribution in [3.05, 3.63) is 105 Å². The molecule has 0 bridgehead atoms. The predicted molar refractivity (Wildman–Crippen MR) is 158 cm³/mol. The van der Waals surface area contributed by atoms with Crippen LogP contribution in [0.3, 0.4) is 0 Å². The maximum absolute atomic E-state index is 13.7. The molecule has 11 nitrogen and oxygen atoms in total. The van der Waals surface area contributed by atoms with Gasteiger partial charge in [0.1, 0.15) is 19.8 Å². The summed E-state index contributed by atoms with van der Waals surface area (Å²) in [5.41, 5.74) is 2.84. The van der Waals surface area contributed by atoms with Crippen molar-refractivity contribution in [3.8, 4) is 0 Å². The molecular weight excluding hydrogens is 566 g/mol. The smallest absolute Gasteiger partial charge is 0.355 e. The van der Waals surface area contributed by atoms with Gasteiger partial charge in [-0.1, -0.05) is 55.5 Å². The second-order valence-electron chi connectivity index (χ2n) is 10.9. The molecule has 6 rings (SSSR count). The number of cyclic esters (lactones) is 1. The molecule has 226 valence electrons. The van der Waals surface area contributed by atoms with Crippen LogP contribution in [0.5, 0.6) is 0 Å². The zero-order valence-corrected chi connectivity index (χ0v) is 24.1. The third kappa shape index (κ3) is 5.36. The maximum Gasteiger partial charge on any atom is 0.355 e. The normalized spacial score (nSPS) is 19.2. The van der Waals surface area contributed by atoms with E-state index in [1.54, 1.807) is 17.6 Å². The summed E-state index contributed by atoms with van der Waals surface area (Å²) < 4.78 is 17.9. The van der Waals surface area contributed by atoms with Crippen molar-refractivity contribution >= 4 is 35.6 Å². The van der Waals surface area contributed by atoms with Crippen LogP contribution < -0.4 is 16.2 Å². The lowest BCUT2D eigenvalue weighted by atomic mass is 9.85. The number of nitrogens with zero attached hydrogens (tertiary/aromatic N) is 1. The van der Waals surface area contributed by atoms with Gasteiger partial charge in [0, 0.05) is 29.9 Å². The molecule has 2 N–H and O–H groups in total. The lowest BCUT2D eigenvalue weighted by molar-refractivity contribution is -0.189. The molecular formula is C33H31N3O8. The monoisotopic (exact) mass is 597 g/mol. The molecule has 3 aliphatic heterocycles. The van der Waals surface area contributed by atoms with Crippen LogP contribution in [0.1, 0.15) is 60.2 Å². The average Bonchev–Trinajstić information content (AvgIpc) is 3.40. The van der Waals surface area contributed by atoms with Gasteiger partial charge >= 0.3 is 17.9 Å². The first-order valence-electron chi connectivity index (χ1n) is 14.5. The first kappa shape index (κ1) is 28.9. The van der Waals surface area contributed by atoms with E-state index in [1.165, 1.54) is 0 Å². The first-order valence-corrected chi connectivity index (χ1v) is 14.5. The molecule has 0 aliphatic carbocycles. The Morgan fingerprint density at radius 3 is 2.61 bits per heavy atom. The molecule has 0 saturated heterocycles. The van der Waals surface area contributed by atoms with Crippen molar-refractivity contribution in [3.63, 3.8) is 0 Å². The molecule has 4 heterocycles. The van der Waals surface area contributed by atoms with E-state index in [0.29, 0.717) is 17.8 Å². The van der Waals surface area contributed by atoms with Gasteiger partial charge in [-0.3, -0.25) is 19.2 Å². The number of anilines is 1. The van der Waals surface area contributed by atoms with Gasteiger partial charge in [-0.2, -0.15) is 0 Å². The Hall–Kier alpha value is -5.19. The summed E-state index contributed by atoms with van der Waals surface area (Å²) in [5.74, 6) is -2.77. The molecule has 44 heavy (non-hydrogen) atoms. The number of pyridine rings is 1. The lowest BCUT2D eigenvalue weighted by Gasteiger charge is -2.36. The molecule has 11 heteroatoms. The number of carbonyl (C=O) groups is 4. The number of benzene rings is 2. The molecule has 3 aliphatic rings. The van der Waals surface area contributed by atoms with E-state index in [9.17, 15) is 24.0 Å². The van der Waals surface area contributed by atoms with Crippen molar-refractivity contribution in [2.24, 2.45) is 0 Å². The Bertz CT molecular complexity index is 1750. The minimum absolute atomic E-state index is 0.0243. The van der Waals surface area contributed by atoms with Crippen molar-refractivity contribution in [2.45, 2.75) is 57.6 Å². The Labute approximate surface area is 252 Å². The Balaban J connectivity index is 1.13. The number of esters is 3. The van der Waals surface area contributed by atoms with Gasteiger partial charge in [-0.15, -0.1) is 0 Å². The van der Waals surface area contributed by atoms with Crippen LogP contribution in [-0.2, 0) is 58.7 Å². The quantitative estimate of drug-likeness (QED) is 0.281. The lowest BCUT2D eigenvalue weighted by Crippen LogP contribution is -2.47. The Morgan fingerprint density at radius 1 is 1.05 bits per heavy atom. The van der Waals surface area contributed by atoms with Crippen molar-refractivity contribution < 1.29 is 33.4 Å². The summed E-state index contributed by atoms with van der Waals surface area (Å²) in [6.07, 6.45) is 1.45. The van der Waals surface area contributed by atoms with Crippen LogP contribution >= 0.6 is 0 Å². The topological polar surface area (TPSA) is 142 Å². The number of ether oxygens (including phenoxy) is 3. The SMILES string of the molecule is CC[C@@]1(OC(=O)CCC(=O)NCC(=O)OCc2ccccc2)C(=O)OCc2c1cc1n(c2=O)CC2=Cc3ccccc3NC21. The van der Waals surface area contributed by atoms with E-state index < -0.39 is 29.4 Å². The molecule has 2 aromatic carbocycles. The zero-order valence-electron chi connectivity index (χ0n) is 24.1. The highest BCUT2D eigenvalue weighted by atomic mass is 16.6. The fourth-order valence-electron chi connectivity index (χ4n) is 5.86. The number of hydrogen-bond donors (Lipinski definition) is 2. The van der Waals surface area contributed by atoms with E-state index in [1.807, 2.05) is 54.6 Å². The molecule has 0 fully saturated rings. The number of para-hydroxylation sites is 1. The van der Waals surface area contributed by atoms with E-state index in [4.69, 9.17) is 14.2 Å². The number of nitrogens with one attached hydrogen (secondary N) is 2. The summed E-state index contributed by atoms with van der Waals surface area (Å²) >= 11 is 0. The predicted octanol–water partition coefficient (Wildman–Crippen LogP) is 3.26. The van der Waals surface area contributed by atoms with Gasteiger partial charge in [0.05, 0.1) is 18.0 Å². The van der Waals surface area contributed by atoms with Crippen LogP contribution in [0.15, 0.2) is 71.0 Å². The number of rotatable bonds is 9. The number of carbonyl (C=O) groups excluding carboxylic acids is 4. The highest BCUT2D eigenvalue weighted by molar-refractivity contribution is 5.88. The van der Waals surface area contributed by atoms with Gasteiger partial charge in [0.2, 0.25) is 11.5 Å². The number of amides is 1. The third-order valence-corrected chi connectivity index (χ3v) is 8.17. The van der Waals surface area contributed by atoms with Crippen LogP contribution in [0.2, 0.25) is 0 Å². The highest BCUT2D eigenvalue weighted by Gasteiger charge is 2.50. The van der Waals surface area contributed by atoms with Crippen LogP contribution in [-0.4, -0.2) is 34.9 Å². The fraction of sp³-hybridized carbons (Fsp3) is 0.303. The summed E-state index contributed by atoms with van der Waals surface area (Å²) in [6.45, 7) is 1.54. The van der Waals surface area contributed by atoms with Crippen molar-refractivity contribution in [1.82, 2.24) is 9.88 Å². The molecule has 1 amide bonds. The van der Waals surface area contributed by atoms with Crippen LogP contribution in [0.4, 0.5) is 5.69 Å². The molecule has 1 aromatic heterocycles. The molecule has 0 radical (unpaired) electrons. The average molecular weight is 598 g/mol. The van der Waals surface area contributed by atoms with E-state index in [2.05, 4.69) is 16.7 Å². The molecule has 2 atom stereocenters. The molecule has 3 aromatic rings. The molecule has 0 saturated carbocycles. The van der Waals surface area contributed by atoms with E-state index in [-0.39, 0.29) is 56.2 Å².